The highest BCUT2D eigenvalue weighted by Gasteiger charge is 2.29. The number of hydrogen-bond acceptors (Lipinski definition) is 8. The van der Waals surface area contributed by atoms with Crippen molar-refractivity contribution in [3.8, 4) is 11.4 Å². The molecule has 0 spiro atoms. The molecule has 6 nitrogen and oxygen atoms in total. The molecule has 0 fully saturated rings. The van der Waals surface area contributed by atoms with Crippen LogP contribution in [0.5, 0.6) is 0 Å². The third kappa shape index (κ3) is 6.27. The van der Waals surface area contributed by atoms with E-state index in [1.54, 1.807) is 56.2 Å². The number of hydrogen-bond donors (Lipinski definition) is 0. The molecule has 0 bridgehead atoms. The molecule has 0 aliphatic carbocycles. The van der Waals surface area contributed by atoms with Gasteiger partial charge >= 0.3 is 0 Å². The highest BCUT2D eigenvalue weighted by atomic mass is 32.2. The van der Waals surface area contributed by atoms with E-state index in [2.05, 4.69) is 13.8 Å². The zero-order valence-corrected chi connectivity index (χ0v) is 27.1. The number of thioether (sulfide) groups is 4. The first-order valence-corrected chi connectivity index (χ1v) is 18.3. The lowest BCUT2D eigenvalue weighted by atomic mass is 10.1. The maximum Gasteiger partial charge on any atom is 0.272 e. The Bertz CT molecular complexity index is 1670. The highest BCUT2D eigenvalue weighted by molar-refractivity contribution is 8.00. The lowest BCUT2D eigenvalue weighted by molar-refractivity contribution is 0.668. The van der Waals surface area contributed by atoms with Crippen LogP contribution in [0.2, 0.25) is 0 Å². The molecule has 6 rings (SSSR count). The van der Waals surface area contributed by atoms with E-state index in [1.807, 2.05) is 60.7 Å². The molecule has 2 unspecified atom stereocenters. The van der Waals surface area contributed by atoms with Crippen molar-refractivity contribution < 1.29 is 0 Å². The summed E-state index contributed by atoms with van der Waals surface area (Å²) in [6.45, 7) is 4.35. The van der Waals surface area contributed by atoms with Crippen LogP contribution in [0.25, 0.3) is 11.4 Å². The Morgan fingerprint density at radius 1 is 0.881 bits per heavy atom. The Balaban J connectivity index is 1.12. The van der Waals surface area contributed by atoms with E-state index >= 15 is 0 Å². The van der Waals surface area contributed by atoms with Gasteiger partial charge in [-0.1, -0.05) is 80.2 Å². The van der Waals surface area contributed by atoms with E-state index in [0.29, 0.717) is 10.5 Å². The number of unbranched alkanes of at least 4 members (excludes halogenated alkanes) is 1. The largest absolute Gasteiger partial charge is 0.272 e. The van der Waals surface area contributed by atoms with Crippen LogP contribution in [0, 0.1) is 0 Å². The fourth-order valence-corrected chi connectivity index (χ4v) is 9.50. The van der Waals surface area contributed by atoms with Gasteiger partial charge < -0.3 is 0 Å². The zero-order valence-electron chi connectivity index (χ0n) is 23.8. The third-order valence-corrected chi connectivity index (χ3v) is 12.2. The van der Waals surface area contributed by atoms with Crippen LogP contribution in [0.3, 0.4) is 0 Å². The Kier molecular flexibility index (Phi) is 9.53. The summed E-state index contributed by atoms with van der Waals surface area (Å²) in [5.74, 6) is 1.81. The second kappa shape index (κ2) is 13.5. The minimum atomic E-state index is 0.0517. The molecule has 0 saturated carbocycles. The molecule has 4 aromatic rings. The Morgan fingerprint density at radius 2 is 1.52 bits per heavy atom. The molecule has 2 aliphatic heterocycles. The number of fused-ring (bicyclic) bond motifs is 2. The van der Waals surface area contributed by atoms with Crippen molar-refractivity contribution in [1.82, 2.24) is 19.1 Å². The summed E-state index contributed by atoms with van der Waals surface area (Å²) in [7, 11) is 0. The first kappa shape index (κ1) is 29.7. The lowest BCUT2D eigenvalue weighted by Gasteiger charge is -2.15. The minimum Gasteiger partial charge on any atom is -0.268 e. The summed E-state index contributed by atoms with van der Waals surface area (Å²) in [5, 5.41) is 2.31. The topological polar surface area (TPSA) is 69.8 Å². The first-order chi connectivity index (χ1) is 20.5. The molecule has 2 aromatic carbocycles. The van der Waals surface area contributed by atoms with E-state index < -0.39 is 0 Å². The standard InChI is InChI=1S/C32H34N4O2S4/c1-3-21(2)41-32-34-26-20-24(42-28(26)30(38)36(32)23-14-8-5-9-15-23)16-10-11-18-40-31-33-25-17-19-39-27(25)29(37)35(31)22-12-6-4-7-13-22/h4-9,12-15,21,24H,3,10-11,16-20H2,1-2H3. The van der Waals surface area contributed by atoms with Gasteiger partial charge in [-0.3, -0.25) is 18.7 Å². The smallest absolute Gasteiger partial charge is 0.268 e. The summed E-state index contributed by atoms with van der Waals surface area (Å²) in [6.07, 6.45) is 5.81. The molecule has 0 N–H and O–H groups in total. The maximum atomic E-state index is 13.7. The van der Waals surface area contributed by atoms with E-state index in [9.17, 15) is 9.59 Å². The number of rotatable bonds is 11. The monoisotopic (exact) mass is 634 g/mol. The van der Waals surface area contributed by atoms with Crippen molar-refractivity contribution in [2.75, 3.05) is 11.5 Å². The fourth-order valence-electron chi connectivity index (χ4n) is 5.15. The van der Waals surface area contributed by atoms with Crippen LogP contribution in [-0.4, -0.2) is 41.1 Å². The molecule has 218 valence electrons. The SMILES string of the molecule is CCC(C)Sc1nc2c(c(=O)n1-c1ccccc1)SC(CCCCSc1nc3c(c(=O)n1-c1ccccc1)SCC3)C2. The molecule has 0 amide bonds. The van der Waals surface area contributed by atoms with Gasteiger partial charge in [0.05, 0.1) is 32.6 Å². The zero-order chi connectivity index (χ0) is 29.1. The van der Waals surface area contributed by atoms with Crippen molar-refractivity contribution in [2.45, 2.75) is 83.0 Å². The normalized spacial score (nSPS) is 16.4. The molecule has 42 heavy (non-hydrogen) atoms. The molecule has 10 heteroatoms. The van der Waals surface area contributed by atoms with Crippen molar-refractivity contribution in [1.29, 1.82) is 0 Å². The van der Waals surface area contributed by atoms with Gasteiger partial charge in [-0.15, -0.1) is 23.5 Å². The van der Waals surface area contributed by atoms with Crippen molar-refractivity contribution in [3.63, 3.8) is 0 Å². The van der Waals surface area contributed by atoms with Gasteiger partial charge in [-0.2, -0.15) is 0 Å². The number of para-hydroxylation sites is 2. The average molecular weight is 635 g/mol. The van der Waals surface area contributed by atoms with Crippen LogP contribution >= 0.6 is 47.0 Å². The van der Waals surface area contributed by atoms with Crippen LogP contribution in [0.4, 0.5) is 0 Å². The predicted molar refractivity (Wildman–Crippen MR) is 178 cm³/mol. The average Bonchev–Trinajstić information content (AvgIpc) is 3.65. The van der Waals surface area contributed by atoms with Gasteiger partial charge in [0.2, 0.25) is 0 Å². The van der Waals surface area contributed by atoms with Gasteiger partial charge in [0, 0.05) is 34.8 Å². The van der Waals surface area contributed by atoms with Crippen LogP contribution in [-0.2, 0) is 12.8 Å². The van der Waals surface area contributed by atoms with Gasteiger partial charge in [0.15, 0.2) is 10.3 Å². The van der Waals surface area contributed by atoms with Gasteiger partial charge in [-0.25, -0.2) is 9.97 Å². The Hall–Kier alpha value is -2.40. The van der Waals surface area contributed by atoms with Gasteiger partial charge in [0.25, 0.3) is 11.1 Å². The lowest BCUT2D eigenvalue weighted by Crippen LogP contribution is -2.24. The quantitative estimate of drug-likeness (QED) is 0.0968. The Morgan fingerprint density at radius 3 is 2.21 bits per heavy atom. The van der Waals surface area contributed by atoms with Crippen molar-refractivity contribution >= 4 is 47.0 Å². The number of aromatic nitrogens is 4. The van der Waals surface area contributed by atoms with Crippen LogP contribution in [0.1, 0.15) is 50.9 Å². The predicted octanol–water partition coefficient (Wildman–Crippen LogP) is 7.30. The summed E-state index contributed by atoms with van der Waals surface area (Å²) in [6, 6.07) is 19.7. The van der Waals surface area contributed by atoms with E-state index in [4.69, 9.17) is 9.97 Å². The van der Waals surface area contributed by atoms with Gasteiger partial charge in [-0.05, 0) is 43.5 Å². The number of nitrogens with zero attached hydrogens (tertiary/aromatic N) is 4. The van der Waals surface area contributed by atoms with Crippen molar-refractivity contribution in [3.05, 3.63) is 92.8 Å². The van der Waals surface area contributed by atoms with Gasteiger partial charge in [0.1, 0.15) is 0 Å². The second-order valence-corrected chi connectivity index (χ2v) is 15.4. The first-order valence-electron chi connectivity index (χ1n) is 14.5. The molecule has 4 heterocycles. The molecule has 2 aliphatic rings. The summed E-state index contributed by atoms with van der Waals surface area (Å²) >= 11 is 6.68. The van der Waals surface area contributed by atoms with E-state index in [0.717, 1.165) is 92.9 Å². The summed E-state index contributed by atoms with van der Waals surface area (Å²) in [4.78, 5) is 38.7. The minimum absolute atomic E-state index is 0.0517. The van der Waals surface area contributed by atoms with E-state index in [-0.39, 0.29) is 11.1 Å². The second-order valence-electron chi connectivity index (χ2n) is 10.5. The molecule has 2 aromatic heterocycles. The van der Waals surface area contributed by atoms with Crippen LogP contribution < -0.4 is 11.1 Å². The fraction of sp³-hybridized carbons (Fsp3) is 0.375. The number of benzene rings is 2. The summed E-state index contributed by atoms with van der Waals surface area (Å²) in [5.41, 5.74) is 3.74. The third-order valence-electron chi connectivity index (χ3n) is 7.52. The number of aryl methyl sites for hydroxylation is 1. The highest BCUT2D eigenvalue weighted by Crippen LogP contribution is 2.38. The van der Waals surface area contributed by atoms with Crippen LogP contribution in [0.15, 0.2) is 90.4 Å². The Labute approximate surface area is 263 Å². The molecular weight excluding hydrogens is 601 g/mol. The molecule has 0 radical (unpaired) electrons. The summed E-state index contributed by atoms with van der Waals surface area (Å²) < 4.78 is 3.58. The maximum absolute atomic E-state index is 13.7. The van der Waals surface area contributed by atoms with E-state index in [1.165, 1.54) is 0 Å². The molecular formula is C32H34N4O2S4. The molecule has 2 atom stereocenters. The van der Waals surface area contributed by atoms with Crippen molar-refractivity contribution in [2.24, 2.45) is 0 Å². The molecule has 0 saturated heterocycles.